The van der Waals surface area contributed by atoms with Gasteiger partial charge in [-0.15, -0.1) is 6.58 Å². The second-order valence-electron chi connectivity index (χ2n) is 2.91. The second-order valence-corrected chi connectivity index (χ2v) is 2.91. The van der Waals surface area contributed by atoms with Crippen molar-refractivity contribution in [1.29, 1.82) is 0 Å². The normalized spacial score (nSPS) is 10.3. The average molecular weight is 176 g/mol. The first-order valence-electron chi connectivity index (χ1n) is 4.40. The molecule has 0 fully saturated rings. The quantitative estimate of drug-likeness (QED) is 0.508. The van der Waals surface area contributed by atoms with Crippen LogP contribution in [0.3, 0.4) is 0 Å². The van der Waals surface area contributed by atoms with Crippen LogP contribution in [-0.4, -0.2) is 18.2 Å². The van der Waals surface area contributed by atoms with Crippen LogP contribution in [0.15, 0.2) is 43.0 Å². The Morgan fingerprint density at radius 2 is 2.00 bits per heavy atom. The van der Waals surface area contributed by atoms with Gasteiger partial charge in [0.1, 0.15) is 0 Å². The minimum Gasteiger partial charge on any atom is -0.785 e. The number of benzene rings is 1. The van der Waals surface area contributed by atoms with Gasteiger partial charge in [-0.25, -0.2) is 0 Å². The molecule has 0 amide bonds. The predicted octanol–water partition coefficient (Wildman–Crippen LogP) is 2.21. The molecule has 70 valence electrons. The molecule has 0 radical (unpaired) electrons. The van der Waals surface area contributed by atoms with Gasteiger partial charge in [-0.05, 0) is 18.5 Å². The summed E-state index contributed by atoms with van der Waals surface area (Å²) in [6, 6.07) is 10.0. The van der Waals surface area contributed by atoms with E-state index in [1.807, 2.05) is 30.3 Å². The van der Waals surface area contributed by atoms with Crippen LogP contribution in [0.5, 0.6) is 0 Å². The highest BCUT2D eigenvalue weighted by Crippen LogP contribution is 2.00. The van der Waals surface area contributed by atoms with Gasteiger partial charge < -0.3 is 10.3 Å². The molecule has 2 heteroatoms. The van der Waals surface area contributed by atoms with Gasteiger partial charge in [-0.1, -0.05) is 36.4 Å². The number of hydrogen-bond acceptors (Lipinski definition) is 2. The first kappa shape index (κ1) is 9.96. The summed E-state index contributed by atoms with van der Waals surface area (Å²) in [5.74, 6) is 0. The number of hydrogen-bond donors (Lipinski definition) is 0. The summed E-state index contributed by atoms with van der Waals surface area (Å²) in [7, 11) is 0. The fraction of sp³-hybridized carbons (Fsp3) is 0.273. The van der Waals surface area contributed by atoms with E-state index in [0.717, 1.165) is 11.5 Å². The third kappa shape index (κ3) is 3.87. The minimum absolute atomic E-state index is 0.410. The molecule has 0 aliphatic carbocycles. The molecule has 0 saturated heterocycles. The van der Waals surface area contributed by atoms with E-state index in [1.165, 1.54) is 5.56 Å². The second kappa shape index (κ2) is 5.51. The molecule has 1 rings (SSSR count). The largest absolute Gasteiger partial charge is 0.785 e. The van der Waals surface area contributed by atoms with Crippen molar-refractivity contribution >= 4 is 0 Å². The number of hydroxylamine groups is 2. The van der Waals surface area contributed by atoms with E-state index in [1.54, 1.807) is 6.08 Å². The van der Waals surface area contributed by atoms with Gasteiger partial charge >= 0.3 is 0 Å². The first-order valence-corrected chi connectivity index (χ1v) is 4.40. The maximum absolute atomic E-state index is 11.1. The fourth-order valence-electron chi connectivity index (χ4n) is 1.13. The summed E-state index contributed by atoms with van der Waals surface area (Å²) in [6.45, 7) is 4.46. The van der Waals surface area contributed by atoms with Crippen LogP contribution in [0, 0.1) is 5.21 Å². The highest BCUT2D eigenvalue weighted by molar-refractivity contribution is 5.14. The lowest BCUT2D eigenvalue weighted by molar-refractivity contribution is 0.422. The average Bonchev–Trinajstić information content (AvgIpc) is 2.17. The van der Waals surface area contributed by atoms with Crippen molar-refractivity contribution in [3.63, 3.8) is 0 Å². The van der Waals surface area contributed by atoms with Crippen LogP contribution in [0.4, 0.5) is 0 Å². The Bertz CT molecular complexity index is 246. The molecule has 0 aliphatic rings. The number of nitrogens with zero attached hydrogens (tertiary/aromatic N) is 1. The monoisotopic (exact) mass is 176 g/mol. The van der Waals surface area contributed by atoms with Crippen LogP contribution in [0.1, 0.15) is 5.56 Å². The van der Waals surface area contributed by atoms with E-state index < -0.39 is 0 Å². The Balaban J connectivity index is 2.30. The fourth-order valence-corrected chi connectivity index (χ4v) is 1.13. The Morgan fingerprint density at radius 3 is 2.62 bits per heavy atom. The molecule has 0 N–H and O–H groups in total. The summed E-state index contributed by atoms with van der Waals surface area (Å²) < 4.78 is 0. The zero-order chi connectivity index (χ0) is 9.52. The molecule has 2 nitrogen and oxygen atoms in total. The lowest BCUT2D eigenvalue weighted by Gasteiger charge is -2.26. The van der Waals surface area contributed by atoms with Crippen LogP contribution in [-0.2, 0) is 6.42 Å². The third-order valence-corrected chi connectivity index (χ3v) is 1.83. The van der Waals surface area contributed by atoms with Gasteiger partial charge in [0.2, 0.25) is 0 Å². The SMILES string of the molecule is C=CCN([O-])CCc1ccccc1. The molecule has 13 heavy (non-hydrogen) atoms. The maximum Gasteiger partial charge on any atom is 0.00394 e. The Morgan fingerprint density at radius 1 is 1.31 bits per heavy atom. The Labute approximate surface area is 79.1 Å². The van der Waals surface area contributed by atoms with Crippen molar-refractivity contribution in [3.05, 3.63) is 53.8 Å². The molecule has 0 heterocycles. The van der Waals surface area contributed by atoms with Crippen LogP contribution < -0.4 is 0 Å². The zero-order valence-electron chi connectivity index (χ0n) is 7.65. The van der Waals surface area contributed by atoms with Crippen molar-refractivity contribution in [2.24, 2.45) is 0 Å². The van der Waals surface area contributed by atoms with Crippen LogP contribution in [0.2, 0.25) is 0 Å². The maximum atomic E-state index is 11.1. The number of rotatable bonds is 5. The lowest BCUT2D eigenvalue weighted by atomic mass is 10.1. The molecule has 0 aliphatic heterocycles. The molecule has 0 unspecified atom stereocenters. The molecular weight excluding hydrogens is 162 g/mol. The first-order chi connectivity index (χ1) is 6.33. The predicted molar refractivity (Wildman–Crippen MR) is 55.3 cm³/mol. The van der Waals surface area contributed by atoms with Gasteiger partial charge in [0.25, 0.3) is 0 Å². The molecule has 0 saturated carbocycles. The van der Waals surface area contributed by atoms with E-state index in [9.17, 15) is 5.21 Å². The molecule has 0 spiro atoms. The molecular formula is C11H14NO-. The van der Waals surface area contributed by atoms with E-state index >= 15 is 0 Å². The Hall–Kier alpha value is -1.12. The van der Waals surface area contributed by atoms with Crippen molar-refractivity contribution in [3.8, 4) is 0 Å². The van der Waals surface area contributed by atoms with Crippen molar-refractivity contribution in [1.82, 2.24) is 5.06 Å². The van der Waals surface area contributed by atoms with Gasteiger partial charge in [0.15, 0.2) is 0 Å². The molecule has 0 atom stereocenters. The van der Waals surface area contributed by atoms with Gasteiger partial charge in [-0.3, -0.25) is 0 Å². The van der Waals surface area contributed by atoms with Gasteiger partial charge in [0.05, 0.1) is 0 Å². The summed E-state index contributed by atoms with van der Waals surface area (Å²) in [4.78, 5) is 0. The standard InChI is InChI=1S/C11H14NO/c1-2-9-12(13)10-8-11-6-4-3-5-7-11/h2-7H,1,8-10H2/q-1. The van der Waals surface area contributed by atoms with Crippen LogP contribution >= 0.6 is 0 Å². The van der Waals surface area contributed by atoms with Gasteiger partial charge in [0, 0.05) is 6.54 Å². The molecule has 0 aromatic heterocycles. The molecule has 1 aromatic carbocycles. The van der Waals surface area contributed by atoms with Crippen LogP contribution in [0.25, 0.3) is 0 Å². The summed E-state index contributed by atoms with van der Waals surface area (Å²) in [6.07, 6.45) is 2.43. The highest BCUT2D eigenvalue weighted by atomic mass is 16.5. The minimum atomic E-state index is 0.410. The molecule has 1 aromatic rings. The molecule has 0 bridgehead atoms. The zero-order valence-corrected chi connectivity index (χ0v) is 7.65. The van der Waals surface area contributed by atoms with Crippen molar-refractivity contribution < 1.29 is 0 Å². The highest BCUT2D eigenvalue weighted by Gasteiger charge is 1.91. The van der Waals surface area contributed by atoms with E-state index in [2.05, 4.69) is 6.58 Å². The van der Waals surface area contributed by atoms with Crippen molar-refractivity contribution in [2.75, 3.05) is 13.1 Å². The van der Waals surface area contributed by atoms with E-state index in [4.69, 9.17) is 0 Å². The van der Waals surface area contributed by atoms with E-state index in [0.29, 0.717) is 13.1 Å². The summed E-state index contributed by atoms with van der Waals surface area (Å²) in [5, 5.41) is 12.1. The third-order valence-electron chi connectivity index (χ3n) is 1.83. The Kier molecular flexibility index (Phi) is 4.23. The lowest BCUT2D eigenvalue weighted by Crippen LogP contribution is -2.18. The van der Waals surface area contributed by atoms with Gasteiger partial charge in [-0.2, -0.15) is 0 Å². The summed E-state index contributed by atoms with van der Waals surface area (Å²) in [5.41, 5.74) is 1.20. The van der Waals surface area contributed by atoms with Crippen molar-refractivity contribution in [2.45, 2.75) is 6.42 Å². The summed E-state index contributed by atoms with van der Waals surface area (Å²) >= 11 is 0. The topological polar surface area (TPSA) is 26.3 Å². The smallest absolute Gasteiger partial charge is 0.00394 e. The van der Waals surface area contributed by atoms with E-state index in [-0.39, 0.29) is 0 Å².